The highest BCUT2D eigenvalue weighted by Crippen LogP contribution is 2.43. The van der Waals surface area contributed by atoms with Gasteiger partial charge >= 0.3 is 6.18 Å². The molecule has 1 aliphatic heterocycles. The molecule has 1 saturated heterocycles. The summed E-state index contributed by atoms with van der Waals surface area (Å²) >= 11 is 0.827. The Morgan fingerprint density at radius 1 is 1.15 bits per heavy atom. The van der Waals surface area contributed by atoms with Crippen LogP contribution in [-0.4, -0.2) is 44.0 Å². The molecule has 2 amide bonds. The van der Waals surface area contributed by atoms with Crippen molar-refractivity contribution in [1.29, 1.82) is 0 Å². The number of likely N-dealkylation sites (tertiary alicyclic amines) is 1. The Bertz CT molecular complexity index is 1220. The Kier molecular flexibility index (Phi) is 6.49. The predicted molar refractivity (Wildman–Crippen MR) is 116 cm³/mol. The quantitative estimate of drug-likeness (QED) is 0.582. The topological polar surface area (TPSA) is 83.6 Å². The van der Waals surface area contributed by atoms with Gasteiger partial charge < -0.3 is 10.2 Å². The third-order valence-electron chi connectivity index (χ3n) is 6.03. The van der Waals surface area contributed by atoms with E-state index in [4.69, 9.17) is 0 Å². The SMILES string of the molecule is CS(=O)(=O)c1ccc(C(=O)N2CCC[C@@H]2C(=O)N[C@@H](c2ccc(C(F)(F)F)cc2F)C2CC2)s1. The summed E-state index contributed by atoms with van der Waals surface area (Å²) in [7, 11) is -3.47. The molecule has 2 aliphatic rings. The average molecular weight is 519 g/mol. The van der Waals surface area contributed by atoms with E-state index in [0.717, 1.165) is 29.7 Å². The Morgan fingerprint density at radius 3 is 2.41 bits per heavy atom. The van der Waals surface area contributed by atoms with Crippen molar-refractivity contribution in [2.75, 3.05) is 12.8 Å². The maximum atomic E-state index is 14.6. The summed E-state index contributed by atoms with van der Waals surface area (Å²) in [5.74, 6) is -2.13. The number of carbonyl (C=O) groups excluding carboxylic acids is 2. The number of nitrogens with one attached hydrogen (secondary N) is 1. The van der Waals surface area contributed by atoms with Gasteiger partial charge in [0.05, 0.1) is 16.5 Å². The van der Waals surface area contributed by atoms with Gasteiger partial charge in [-0.15, -0.1) is 11.3 Å². The molecule has 0 unspecified atom stereocenters. The lowest BCUT2D eigenvalue weighted by atomic mass is 9.99. The van der Waals surface area contributed by atoms with Gasteiger partial charge in [-0.1, -0.05) is 6.07 Å². The minimum Gasteiger partial charge on any atom is -0.347 e. The van der Waals surface area contributed by atoms with E-state index in [2.05, 4.69) is 5.32 Å². The van der Waals surface area contributed by atoms with E-state index >= 15 is 0 Å². The molecule has 1 aliphatic carbocycles. The van der Waals surface area contributed by atoms with Crippen LogP contribution < -0.4 is 5.32 Å². The number of hydrogen-bond acceptors (Lipinski definition) is 5. The summed E-state index contributed by atoms with van der Waals surface area (Å²) in [6, 6.07) is 3.38. The first-order valence-corrected chi connectivity index (χ1v) is 13.3. The first kappa shape index (κ1) is 24.6. The van der Waals surface area contributed by atoms with Crippen LogP contribution >= 0.6 is 11.3 Å². The fourth-order valence-corrected chi connectivity index (χ4v) is 6.03. The molecule has 4 rings (SSSR count). The van der Waals surface area contributed by atoms with E-state index < -0.39 is 51.3 Å². The van der Waals surface area contributed by atoms with Gasteiger partial charge in [-0.2, -0.15) is 13.2 Å². The molecule has 1 aromatic heterocycles. The second kappa shape index (κ2) is 8.95. The number of sulfone groups is 1. The van der Waals surface area contributed by atoms with Gasteiger partial charge in [0.15, 0.2) is 9.84 Å². The van der Waals surface area contributed by atoms with Crippen molar-refractivity contribution in [1.82, 2.24) is 10.2 Å². The lowest BCUT2D eigenvalue weighted by Gasteiger charge is -2.27. The molecular formula is C22H22F4N2O4S2. The summed E-state index contributed by atoms with van der Waals surface area (Å²) in [6.45, 7) is 0.297. The van der Waals surface area contributed by atoms with Crippen molar-refractivity contribution in [3.8, 4) is 0 Å². The number of nitrogens with zero attached hydrogens (tertiary/aromatic N) is 1. The van der Waals surface area contributed by atoms with Gasteiger partial charge in [0, 0.05) is 18.4 Å². The smallest absolute Gasteiger partial charge is 0.347 e. The van der Waals surface area contributed by atoms with E-state index in [1.54, 1.807) is 0 Å². The van der Waals surface area contributed by atoms with Gasteiger partial charge in [0.2, 0.25) is 5.91 Å². The number of rotatable bonds is 6. The molecule has 0 spiro atoms. The molecule has 2 atom stereocenters. The van der Waals surface area contributed by atoms with E-state index in [1.807, 2.05) is 0 Å². The van der Waals surface area contributed by atoms with Gasteiger partial charge in [0.25, 0.3) is 5.91 Å². The van der Waals surface area contributed by atoms with Crippen molar-refractivity contribution >= 4 is 33.0 Å². The zero-order chi connectivity index (χ0) is 24.8. The predicted octanol–water partition coefficient (Wildman–Crippen LogP) is 4.18. The Morgan fingerprint density at radius 2 is 1.85 bits per heavy atom. The number of halogens is 4. The summed E-state index contributed by atoms with van der Waals surface area (Å²) in [5, 5.41) is 2.76. The monoisotopic (exact) mass is 518 g/mol. The highest BCUT2D eigenvalue weighted by Gasteiger charge is 2.41. The largest absolute Gasteiger partial charge is 0.416 e. The van der Waals surface area contributed by atoms with Gasteiger partial charge in [0.1, 0.15) is 16.1 Å². The van der Waals surface area contributed by atoms with Crippen LogP contribution in [0.3, 0.4) is 0 Å². The molecule has 1 N–H and O–H groups in total. The normalized spacial score (nSPS) is 19.8. The van der Waals surface area contributed by atoms with Crippen molar-refractivity contribution in [3.05, 3.63) is 52.2 Å². The van der Waals surface area contributed by atoms with Crippen LogP contribution in [0.2, 0.25) is 0 Å². The van der Waals surface area contributed by atoms with Crippen LogP contribution in [-0.2, 0) is 20.8 Å². The minimum atomic E-state index is -4.68. The molecule has 0 radical (unpaired) electrons. The molecule has 2 fully saturated rings. The molecule has 34 heavy (non-hydrogen) atoms. The first-order chi connectivity index (χ1) is 15.9. The number of amides is 2. The Labute approximate surface area is 197 Å². The fraction of sp³-hybridized carbons (Fsp3) is 0.455. The molecule has 184 valence electrons. The van der Waals surface area contributed by atoms with Crippen molar-refractivity contribution in [2.24, 2.45) is 5.92 Å². The van der Waals surface area contributed by atoms with Crippen molar-refractivity contribution in [2.45, 2.75) is 48.2 Å². The molecular weight excluding hydrogens is 496 g/mol. The summed E-state index contributed by atoms with van der Waals surface area (Å²) < 4.78 is 76.8. The highest BCUT2D eigenvalue weighted by atomic mass is 32.2. The van der Waals surface area contributed by atoms with Crippen LogP contribution in [0.1, 0.15) is 52.5 Å². The number of thiophene rings is 1. The maximum Gasteiger partial charge on any atom is 0.416 e. The van der Waals surface area contributed by atoms with Crippen LogP contribution in [0.15, 0.2) is 34.5 Å². The number of carbonyl (C=O) groups is 2. The number of benzene rings is 1. The van der Waals surface area contributed by atoms with Crippen LogP contribution in [0.25, 0.3) is 0 Å². The van der Waals surface area contributed by atoms with Gasteiger partial charge in [-0.05, 0) is 55.9 Å². The van der Waals surface area contributed by atoms with E-state index in [0.29, 0.717) is 38.3 Å². The molecule has 2 aromatic rings. The third-order valence-corrected chi connectivity index (χ3v) is 8.92. The maximum absolute atomic E-state index is 14.6. The molecule has 1 saturated carbocycles. The minimum absolute atomic E-state index is 0.0178. The molecule has 2 heterocycles. The molecule has 12 heteroatoms. The lowest BCUT2D eigenvalue weighted by molar-refractivity contribution is -0.137. The van der Waals surface area contributed by atoms with Crippen LogP contribution in [0.4, 0.5) is 17.6 Å². The van der Waals surface area contributed by atoms with E-state index in [-0.39, 0.29) is 20.6 Å². The Balaban J connectivity index is 1.52. The zero-order valence-corrected chi connectivity index (χ0v) is 19.7. The summed E-state index contributed by atoms with van der Waals surface area (Å²) in [6.07, 6.45) is -1.32. The fourth-order valence-electron chi connectivity index (χ4n) is 4.14. The average Bonchev–Trinajstić information content (AvgIpc) is 3.25. The molecule has 6 nitrogen and oxygen atoms in total. The first-order valence-electron chi connectivity index (χ1n) is 10.6. The van der Waals surface area contributed by atoms with E-state index in [1.165, 1.54) is 17.0 Å². The summed E-state index contributed by atoms with van der Waals surface area (Å²) in [5.41, 5.74) is -1.12. The summed E-state index contributed by atoms with van der Waals surface area (Å²) in [4.78, 5) is 27.6. The lowest BCUT2D eigenvalue weighted by Crippen LogP contribution is -2.47. The standard InChI is InChI=1S/C22H22F4N2O4S2/c1-34(31,32)18-9-8-17(33-18)21(30)28-10-2-3-16(28)20(29)27-19(12-4-5-12)14-7-6-13(11-15(14)23)22(24,25)26/h6-9,11-12,16,19H,2-5,10H2,1H3,(H,27,29)/t16-,19-/m1/s1. The van der Waals surface area contributed by atoms with Gasteiger partial charge in [-0.3, -0.25) is 9.59 Å². The third kappa shape index (κ3) is 5.12. The number of hydrogen-bond donors (Lipinski definition) is 1. The van der Waals surface area contributed by atoms with Crippen LogP contribution in [0.5, 0.6) is 0 Å². The molecule has 0 bridgehead atoms. The Hall–Kier alpha value is -2.47. The van der Waals surface area contributed by atoms with Gasteiger partial charge in [-0.25, -0.2) is 12.8 Å². The number of alkyl halides is 3. The molecule has 1 aromatic carbocycles. The van der Waals surface area contributed by atoms with Crippen LogP contribution in [0, 0.1) is 11.7 Å². The zero-order valence-electron chi connectivity index (χ0n) is 18.1. The van der Waals surface area contributed by atoms with Crippen molar-refractivity contribution < 1.29 is 35.6 Å². The van der Waals surface area contributed by atoms with E-state index in [9.17, 15) is 35.6 Å². The second-order valence-corrected chi connectivity index (χ2v) is 11.9. The highest BCUT2D eigenvalue weighted by molar-refractivity contribution is 7.92. The van der Waals surface area contributed by atoms with Crippen molar-refractivity contribution in [3.63, 3.8) is 0 Å². The second-order valence-electron chi connectivity index (χ2n) is 8.61.